The molecule has 48 heavy (non-hydrogen) atoms. The van der Waals surface area contributed by atoms with Crippen molar-refractivity contribution in [3.05, 3.63) is 126 Å². The first kappa shape index (κ1) is 35.2. The number of benzene rings is 4. The van der Waals surface area contributed by atoms with E-state index in [2.05, 4.69) is 122 Å². The van der Waals surface area contributed by atoms with Crippen molar-refractivity contribution in [1.82, 2.24) is 0 Å². The van der Waals surface area contributed by atoms with Gasteiger partial charge in [0, 0.05) is 35.7 Å². The SMILES string of the molecule is C=C(Nc1ccc(N2CCC(C(C(=O)SC(C)(C)C(C)=O)c3ccccc3)CC2)cc1)c1ccccc1-c1ccc(C(C)(C)CC)cc1. The van der Waals surface area contributed by atoms with E-state index in [4.69, 9.17) is 0 Å². The van der Waals surface area contributed by atoms with Crippen LogP contribution < -0.4 is 10.2 Å². The number of rotatable bonds is 12. The number of anilines is 2. The topological polar surface area (TPSA) is 49.4 Å². The summed E-state index contributed by atoms with van der Waals surface area (Å²) in [6.45, 7) is 18.3. The zero-order chi connectivity index (χ0) is 34.5. The fourth-order valence-corrected chi connectivity index (χ4v) is 7.54. The van der Waals surface area contributed by atoms with Crippen LogP contribution in [-0.4, -0.2) is 28.7 Å². The highest BCUT2D eigenvalue weighted by molar-refractivity contribution is 8.15. The van der Waals surface area contributed by atoms with Crippen molar-refractivity contribution in [3.8, 4) is 11.1 Å². The second kappa shape index (κ2) is 15.0. The Morgan fingerprint density at radius 1 is 0.854 bits per heavy atom. The molecule has 0 spiro atoms. The third kappa shape index (κ3) is 8.13. The Morgan fingerprint density at radius 2 is 1.46 bits per heavy atom. The molecule has 1 aliphatic rings. The molecule has 1 N–H and O–H groups in total. The molecule has 250 valence electrons. The van der Waals surface area contributed by atoms with E-state index >= 15 is 0 Å². The molecule has 1 atom stereocenters. The number of Topliss-reactive ketones (excluding diaryl/α,β-unsaturated/α-hetero) is 1. The Labute approximate surface area is 292 Å². The number of thioether (sulfide) groups is 1. The van der Waals surface area contributed by atoms with Crippen LogP contribution in [0.2, 0.25) is 0 Å². The fraction of sp³-hybridized carbons (Fsp3) is 0.349. The third-order valence-corrected chi connectivity index (χ3v) is 11.5. The molecular formula is C43H50N2O2S. The first-order valence-electron chi connectivity index (χ1n) is 17.2. The highest BCUT2D eigenvalue weighted by Crippen LogP contribution is 2.41. The number of carbonyl (C=O) groups excluding carboxylic acids is 2. The summed E-state index contributed by atoms with van der Waals surface area (Å²) in [7, 11) is 0. The van der Waals surface area contributed by atoms with Crippen molar-refractivity contribution >= 4 is 39.7 Å². The monoisotopic (exact) mass is 658 g/mol. The van der Waals surface area contributed by atoms with E-state index in [-0.39, 0.29) is 28.1 Å². The summed E-state index contributed by atoms with van der Waals surface area (Å²) in [5, 5.41) is 3.64. The van der Waals surface area contributed by atoms with E-state index in [1.165, 1.54) is 28.6 Å². The van der Waals surface area contributed by atoms with Gasteiger partial charge in [0.1, 0.15) is 5.78 Å². The minimum absolute atomic E-state index is 0.0227. The first-order chi connectivity index (χ1) is 22.9. The Bertz CT molecular complexity index is 1720. The van der Waals surface area contributed by atoms with Gasteiger partial charge in [-0.1, -0.05) is 118 Å². The molecule has 4 nitrogen and oxygen atoms in total. The van der Waals surface area contributed by atoms with Crippen LogP contribution in [0.5, 0.6) is 0 Å². The molecule has 0 amide bonds. The summed E-state index contributed by atoms with van der Waals surface area (Å²) in [4.78, 5) is 28.3. The minimum Gasteiger partial charge on any atom is -0.372 e. The summed E-state index contributed by atoms with van der Waals surface area (Å²) in [5.74, 6) is 0.0261. The normalized spacial score (nSPS) is 14.8. The highest BCUT2D eigenvalue weighted by atomic mass is 32.2. The molecule has 0 radical (unpaired) electrons. The number of carbonyl (C=O) groups is 2. The minimum atomic E-state index is -0.731. The Morgan fingerprint density at radius 3 is 2.06 bits per heavy atom. The summed E-state index contributed by atoms with van der Waals surface area (Å²) in [6, 6.07) is 36.0. The van der Waals surface area contributed by atoms with Gasteiger partial charge >= 0.3 is 0 Å². The Kier molecular flexibility index (Phi) is 11.0. The Balaban J connectivity index is 1.24. The van der Waals surface area contributed by atoms with E-state index in [1.807, 2.05) is 32.0 Å². The second-order valence-corrected chi connectivity index (χ2v) is 15.8. The van der Waals surface area contributed by atoms with Crippen molar-refractivity contribution < 1.29 is 9.59 Å². The van der Waals surface area contributed by atoms with Gasteiger partial charge in [-0.25, -0.2) is 0 Å². The van der Waals surface area contributed by atoms with Crippen LogP contribution in [-0.2, 0) is 15.0 Å². The second-order valence-electron chi connectivity index (χ2n) is 14.2. The number of piperidine rings is 1. The van der Waals surface area contributed by atoms with Crippen molar-refractivity contribution in [2.75, 3.05) is 23.3 Å². The maximum absolute atomic E-state index is 13.7. The zero-order valence-electron chi connectivity index (χ0n) is 29.4. The molecule has 4 aromatic carbocycles. The lowest BCUT2D eigenvalue weighted by molar-refractivity contribution is -0.119. The molecule has 1 aliphatic heterocycles. The quantitative estimate of drug-likeness (QED) is 0.164. The molecule has 1 unspecified atom stereocenters. The number of hydrogen-bond acceptors (Lipinski definition) is 5. The molecule has 1 heterocycles. The van der Waals surface area contributed by atoms with Crippen LogP contribution in [0.3, 0.4) is 0 Å². The molecule has 0 aromatic heterocycles. The maximum Gasteiger partial charge on any atom is 0.197 e. The van der Waals surface area contributed by atoms with E-state index in [1.54, 1.807) is 6.92 Å². The molecule has 0 saturated carbocycles. The standard InChI is InChI=1S/C43H50N2O2S/c1-8-42(4,5)35-20-18-32(19-21-35)39-17-13-12-16-38(39)30(2)44-36-22-24-37(25-23-36)45-28-26-34(27-29-45)40(33-14-10-9-11-15-33)41(47)48-43(6,7)31(3)46/h9-25,34,40,44H,2,8,26-29H2,1,3-7H3. The molecular weight excluding hydrogens is 609 g/mol. The molecule has 1 fully saturated rings. The van der Waals surface area contributed by atoms with E-state index in [0.29, 0.717) is 0 Å². The number of hydrogen-bond donors (Lipinski definition) is 1. The maximum atomic E-state index is 13.7. The van der Waals surface area contributed by atoms with Gasteiger partial charge in [-0.3, -0.25) is 9.59 Å². The Hall–Kier alpha value is -4.09. The van der Waals surface area contributed by atoms with E-state index < -0.39 is 4.75 Å². The highest BCUT2D eigenvalue weighted by Gasteiger charge is 2.37. The number of nitrogens with one attached hydrogen (secondary N) is 1. The average molecular weight is 659 g/mol. The molecule has 0 bridgehead atoms. The molecule has 5 heteroatoms. The fourth-order valence-electron chi connectivity index (χ4n) is 6.44. The summed E-state index contributed by atoms with van der Waals surface area (Å²) in [6.07, 6.45) is 2.92. The van der Waals surface area contributed by atoms with Crippen LogP contribution in [0, 0.1) is 5.92 Å². The van der Waals surface area contributed by atoms with Crippen LogP contribution in [0.15, 0.2) is 110 Å². The molecule has 5 rings (SSSR count). The molecule has 0 aliphatic carbocycles. The van der Waals surface area contributed by atoms with Gasteiger partial charge in [-0.2, -0.15) is 0 Å². The summed E-state index contributed by atoms with van der Waals surface area (Å²) >= 11 is 1.19. The van der Waals surface area contributed by atoms with Crippen LogP contribution in [0.25, 0.3) is 16.8 Å². The van der Waals surface area contributed by atoms with Gasteiger partial charge in [0.2, 0.25) is 0 Å². The third-order valence-electron chi connectivity index (χ3n) is 10.3. The lowest BCUT2D eigenvalue weighted by atomic mass is 9.80. The van der Waals surface area contributed by atoms with Crippen LogP contribution in [0.1, 0.15) is 83.4 Å². The van der Waals surface area contributed by atoms with Gasteiger partial charge < -0.3 is 10.2 Å². The molecule has 4 aromatic rings. The van der Waals surface area contributed by atoms with E-state index in [9.17, 15) is 9.59 Å². The van der Waals surface area contributed by atoms with Crippen LogP contribution >= 0.6 is 11.8 Å². The van der Waals surface area contributed by atoms with Crippen LogP contribution in [0.4, 0.5) is 11.4 Å². The van der Waals surface area contributed by atoms with Gasteiger partial charge in [0.15, 0.2) is 5.12 Å². The lowest BCUT2D eigenvalue weighted by Gasteiger charge is -2.37. The number of ketones is 1. The number of nitrogens with zero attached hydrogens (tertiary/aromatic N) is 1. The van der Waals surface area contributed by atoms with Gasteiger partial charge in [-0.05, 0) is 97.9 Å². The predicted octanol–water partition coefficient (Wildman–Crippen LogP) is 10.8. The van der Waals surface area contributed by atoms with Crippen molar-refractivity contribution in [2.24, 2.45) is 5.92 Å². The van der Waals surface area contributed by atoms with Crippen molar-refractivity contribution in [3.63, 3.8) is 0 Å². The summed E-state index contributed by atoms with van der Waals surface area (Å²) < 4.78 is -0.731. The van der Waals surface area contributed by atoms with Gasteiger partial charge in [0.05, 0.1) is 10.7 Å². The van der Waals surface area contributed by atoms with Crippen molar-refractivity contribution in [2.45, 2.75) is 76.9 Å². The zero-order valence-corrected chi connectivity index (χ0v) is 30.2. The lowest BCUT2D eigenvalue weighted by Crippen LogP contribution is -2.38. The predicted molar refractivity (Wildman–Crippen MR) is 206 cm³/mol. The smallest absolute Gasteiger partial charge is 0.197 e. The summed E-state index contributed by atoms with van der Waals surface area (Å²) in [5.41, 5.74) is 9.00. The molecule has 1 saturated heterocycles. The first-order valence-corrected chi connectivity index (χ1v) is 18.0. The van der Waals surface area contributed by atoms with Crippen molar-refractivity contribution in [1.29, 1.82) is 0 Å². The van der Waals surface area contributed by atoms with E-state index in [0.717, 1.165) is 60.4 Å². The largest absolute Gasteiger partial charge is 0.372 e. The van der Waals surface area contributed by atoms with Gasteiger partial charge in [-0.15, -0.1) is 0 Å². The van der Waals surface area contributed by atoms with Gasteiger partial charge in [0.25, 0.3) is 0 Å². The average Bonchev–Trinajstić information content (AvgIpc) is 3.09.